The smallest absolute Gasteiger partial charge is 0.416 e. The van der Waals surface area contributed by atoms with E-state index < -0.39 is 23.7 Å². The van der Waals surface area contributed by atoms with E-state index in [1.54, 1.807) is 4.90 Å². The second-order valence-corrected chi connectivity index (χ2v) is 8.98. The molecule has 1 amide bonds. The number of nitrogens with zero attached hydrogens (tertiary/aromatic N) is 4. The summed E-state index contributed by atoms with van der Waals surface area (Å²) in [6, 6.07) is 4.22. The second kappa shape index (κ2) is 9.87. The van der Waals surface area contributed by atoms with Gasteiger partial charge in [0.15, 0.2) is 5.69 Å². The zero-order chi connectivity index (χ0) is 26.1. The van der Waals surface area contributed by atoms with Crippen LogP contribution in [0.1, 0.15) is 52.9 Å². The van der Waals surface area contributed by atoms with Gasteiger partial charge in [-0.15, -0.1) is 0 Å². The highest BCUT2D eigenvalue weighted by Crippen LogP contribution is 2.40. The molecule has 11 nitrogen and oxygen atoms in total. The van der Waals surface area contributed by atoms with Crippen LogP contribution < -0.4 is 16.8 Å². The number of aromatic carboxylic acids is 1. The van der Waals surface area contributed by atoms with E-state index in [1.165, 1.54) is 18.3 Å². The summed E-state index contributed by atoms with van der Waals surface area (Å²) in [4.78, 5) is 27.7. The summed E-state index contributed by atoms with van der Waals surface area (Å²) in [6.45, 7) is 1.96. The number of hydrogen-bond acceptors (Lipinski definition) is 7. The van der Waals surface area contributed by atoms with Crippen LogP contribution in [-0.2, 0) is 12.7 Å². The largest absolute Gasteiger partial charge is 0.476 e. The van der Waals surface area contributed by atoms with Gasteiger partial charge in [-0.3, -0.25) is 21.6 Å². The number of piperidine rings is 1. The monoisotopic (exact) mass is 508 g/mol. The third kappa shape index (κ3) is 5.05. The van der Waals surface area contributed by atoms with Crippen LogP contribution in [0.2, 0.25) is 0 Å². The Kier molecular flexibility index (Phi) is 7.02. The average Bonchev–Trinajstić information content (AvgIpc) is 3.47. The van der Waals surface area contributed by atoms with Gasteiger partial charge >= 0.3 is 18.2 Å². The highest BCUT2D eigenvalue weighted by atomic mass is 19.4. The van der Waals surface area contributed by atoms with Gasteiger partial charge in [-0.1, -0.05) is 6.07 Å². The molecule has 3 heterocycles. The van der Waals surface area contributed by atoms with Crippen molar-refractivity contribution in [1.82, 2.24) is 30.5 Å². The molecule has 194 valence electrons. The molecule has 0 radical (unpaired) electrons. The van der Waals surface area contributed by atoms with Crippen LogP contribution in [0.4, 0.5) is 18.0 Å². The fraction of sp³-hybridized carbons (Fsp3) is 0.455. The number of nitrogens with one attached hydrogen (secondary N) is 3. The maximum Gasteiger partial charge on any atom is 0.416 e. The number of carbonyl (C=O) groups excluding carboxylic acids is 1. The number of hydrazine groups is 2. The summed E-state index contributed by atoms with van der Waals surface area (Å²) in [6.07, 6.45) is -0.119. The van der Waals surface area contributed by atoms with Crippen molar-refractivity contribution >= 4 is 17.8 Å². The van der Waals surface area contributed by atoms with Crippen molar-refractivity contribution < 1.29 is 27.9 Å². The standard InChI is InChI=1S/C22H27F3N8O3/c23-22(24,25)15-3-2-14(16(12-15)18(26)28-30-27)13-32-8-1-5-21(32)6-10-31(11-7-21)20(36)33-9-4-17(29-33)19(34)35/h2-4,9,12,30H,1,5-8,10-11,13,27H2,(H2,26,28)(H,34,35). The lowest BCUT2D eigenvalue weighted by atomic mass is 9.84. The maximum atomic E-state index is 13.3. The van der Waals surface area contributed by atoms with Gasteiger partial charge in [0.05, 0.1) is 5.56 Å². The van der Waals surface area contributed by atoms with Crippen LogP contribution in [0.3, 0.4) is 0 Å². The number of rotatable bonds is 5. The first kappa shape index (κ1) is 25.6. The van der Waals surface area contributed by atoms with Crippen molar-refractivity contribution in [3.63, 3.8) is 0 Å². The Morgan fingerprint density at radius 2 is 1.89 bits per heavy atom. The number of amides is 1. The second-order valence-electron chi connectivity index (χ2n) is 8.98. The number of benzene rings is 1. The van der Waals surface area contributed by atoms with E-state index in [2.05, 4.69) is 21.0 Å². The molecule has 2 aliphatic rings. The third-order valence-corrected chi connectivity index (χ3v) is 6.97. The van der Waals surface area contributed by atoms with Gasteiger partial charge in [0.1, 0.15) is 5.84 Å². The van der Waals surface area contributed by atoms with Gasteiger partial charge in [-0.05, 0) is 56.0 Å². The molecule has 1 aromatic carbocycles. The van der Waals surface area contributed by atoms with Crippen LogP contribution in [0.25, 0.3) is 0 Å². The Hall–Kier alpha value is -3.49. The van der Waals surface area contributed by atoms with Crippen LogP contribution in [0.5, 0.6) is 0 Å². The maximum absolute atomic E-state index is 13.3. The zero-order valence-corrected chi connectivity index (χ0v) is 19.3. The molecule has 14 heteroatoms. The Bertz CT molecular complexity index is 1160. The van der Waals surface area contributed by atoms with Crippen molar-refractivity contribution in [3.8, 4) is 0 Å². The molecule has 0 unspecified atom stereocenters. The first-order chi connectivity index (χ1) is 17.0. The van der Waals surface area contributed by atoms with Gasteiger partial charge in [0.25, 0.3) is 0 Å². The lowest BCUT2D eigenvalue weighted by Gasteiger charge is -2.45. The minimum Gasteiger partial charge on any atom is -0.476 e. The normalized spacial score (nSPS) is 17.9. The summed E-state index contributed by atoms with van der Waals surface area (Å²) in [7, 11) is 0. The van der Waals surface area contributed by atoms with Gasteiger partial charge in [0, 0.05) is 36.9 Å². The lowest BCUT2D eigenvalue weighted by molar-refractivity contribution is -0.137. The lowest BCUT2D eigenvalue weighted by Crippen LogP contribution is -2.53. The molecule has 1 aromatic heterocycles. The van der Waals surface area contributed by atoms with Crippen molar-refractivity contribution in [3.05, 3.63) is 52.8 Å². The number of hydrogen-bond donors (Lipinski definition) is 5. The van der Waals surface area contributed by atoms with E-state index >= 15 is 0 Å². The quantitative estimate of drug-likeness (QED) is 0.178. The van der Waals surface area contributed by atoms with Gasteiger partial charge in [-0.25, -0.2) is 9.59 Å². The van der Waals surface area contributed by atoms with Crippen LogP contribution in [0.15, 0.2) is 30.5 Å². The summed E-state index contributed by atoms with van der Waals surface area (Å²) >= 11 is 0. The Morgan fingerprint density at radius 1 is 1.17 bits per heavy atom. The molecule has 0 atom stereocenters. The molecule has 4 rings (SSSR count). The summed E-state index contributed by atoms with van der Waals surface area (Å²) in [5.74, 6) is 3.72. The molecule has 2 aromatic rings. The molecule has 2 aliphatic heterocycles. The van der Waals surface area contributed by atoms with Crippen LogP contribution in [0, 0.1) is 5.41 Å². The summed E-state index contributed by atoms with van der Waals surface area (Å²) in [5.41, 5.74) is 3.82. The first-order valence-corrected chi connectivity index (χ1v) is 11.4. The SMILES string of the molecule is N=C(NNN)c1cc(C(F)(F)F)ccc1CN1CCCC12CCN(C(=O)n1ccc(C(=O)O)n1)CC2. The van der Waals surface area contributed by atoms with Gasteiger partial charge in [0.2, 0.25) is 0 Å². The number of aromatic nitrogens is 2. The van der Waals surface area contributed by atoms with Gasteiger partial charge in [-0.2, -0.15) is 28.5 Å². The van der Waals surface area contributed by atoms with E-state index in [4.69, 9.17) is 16.4 Å². The Balaban J connectivity index is 1.49. The molecule has 0 aliphatic carbocycles. The Labute approximate surface area is 204 Å². The van der Waals surface area contributed by atoms with Gasteiger partial charge < -0.3 is 10.0 Å². The number of alkyl halides is 3. The van der Waals surface area contributed by atoms with Crippen LogP contribution in [-0.4, -0.2) is 67.7 Å². The molecule has 0 saturated carbocycles. The van der Waals surface area contributed by atoms with Crippen molar-refractivity contribution in [2.45, 2.75) is 43.9 Å². The topological polar surface area (TPSA) is 153 Å². The van der Waals surface area contributed by atoms with Crippen molar-refractivity contribution in [1.29, 1.82) is 5.41 Å². The molecular formula is C22H27F3N8O3. The number of halogens is 3. The summed E-state index contributed by atoms with van der Waals surface area (Å²) < 4.78 is 40.9. The fourth-order valence-electron chi connectivity index (χ4n) is 5.08. The number of carboxylic acids is 1. The minimum atomic E-state index is -4.54. The number of carboxylic acid groups (broad SMARTS) is 1. The van der Waals surface area contributed by atoms with E-state index in [1.807, 2.05) is 0 Å². The molecule has 6 N–H and O–H groups in total. The summed E-state index contributed by atoms with van der Waals surface area (Å²) in [5, 5.41) is 21.0. The minimum absolute atomic E-state index is 0.102. The first-order valence-electron chi connectivity index (χ1n) is 11.4. The van der Waals surface area contributed by atoms with E-state index in [9.17, 15) is 22.8 Å². The molecule has 1 spiro atoms. The highest BCUT2D eigenvalue weighted by Gasteiger charge is 2.44. The van der Waals surface area contributed by atoms with E-state index in [-0.39, 0.29) is 22.6 Å². The third-order valence-electron chi connectivity index (χ3n) is 6.97. The van der Waals surface area contributed by atoms with Crippen molar-refractivity contribution in [2.24, 2.45) is 5.84 Å². The van der Waals surface area contributed by atoms with E-state index in [0.717, 1.165) is 36.2 Å². The molecule has 2 saturated heterocycles. The molecule has 2 fully saturated rings. The number of amidine groups is 1. The fourth-order valence-corrected chi connectivity index (χ4v) is 5.08. The molecule has 0 bridgehead atoms. The van der Waals surface area contributed by atoms with Crippen molar-refractivity contribution in [2.75, 3.05) is 19.6 Å². The molecular weight excluding hydrogens is 481 g/mol. The van der Waals surface area contributed by atoms with Crippen LogP contribution >= 0.6 is 0 Å². The molecule has 36 heavy (non-hydrogen) atoms. The van der Waals surface area contributed by atoms with E-state index in [0.29, 0.717) is 38.0 Å². The zero-order valence-electron chi connectivity index (χ0n) is 19.3. The number of likely N-dealkylation sites (tertiary alicyclic amines) is 2. The number of carbonyl (C=O) groups is 2. The average molecular weight is 509 g/mol. The predicted octanol–water partition coefficient (Wildman–Crippen LogP) is 1.99. The predicted molar refractivity (Wildman–Crippen MR) is 122 cm³/mol. The number of nitrogens with two attached hydrogens (primary N) is 1. The highest BCUT2D eigenvalue weighted by molar-refractivity contribution is 5.97. The Morgan fingerprint density at radius 3 is 2.50 bits per heavy atom.